The molecule has 0 N–H and O–H groups in total. The van der Waals surface area contributed by atoms with E-state index in [1.165, 1.54) is 0 Å². The summed E-state index contributed by atoms with van der Waals surface area (Å²) in [5.41, 5.74) is 1.05. The van der Waals surface area contributed by atoms with Crippen molar-refractivity contribution in [2.75, 3.05) is 27.4 Å². The lowest BCUT2D eigenvalue weighted by molar-refractivity contribution is -0.105. The second kappa shape index (κ2) is 12.1. The zero-order chi connectivity index (χ0) is 20.2. The molecule has 0 radical (unpaired) electrons. The minimum atomic E-state index is -0.428. The molecule has 2 atom stereocenters. The molecule has 150 valence electrons. The quantitative estimate of drug-likeness (QED) is 0.207. The number of allylic oxidation sites excluding steroid dienone is 3. The summed E-state index contributed by atoms with van der Waals surface area (Å²) in [4.78, 5) is 0. The number of hydrogen-bond acceptors (Lipinski definition) is 5. The molecule has 0 aromatic heterocycles. The molecule has 1 rings (SSSR count). The van der Waals surface area contributed by atoms with E-state index in [2.05, 4.69) is 27.0 Å². The lowest BCUT2D eigenvalue weighted by Crippen LogP contribution is -2.16. The van der Waals surface area contributed by atoms with Crippen molar-refractivity contribution in [1.82, 2.24) is 0 Å². The van der Waals surface area contributed by atoms with E-state index in [0.29, 0.717) is 42.1 Å². The molecule has 0 spiro atoms. The molecule has 5 nitrogen and oxygen atoms in total. The lowest BCUT2D eigenvalue weighted by Gasteiger charge is -2.16. The molecule has 0 fully saturated rings. The molecule has 0 aliphatic carbocycles. The second-order valence-corrected chi connectivity index (χ2v) is 6.14. The van der Waals surface area contributed by atoms with Crippen LogP contribution in [0.25, 0.3) is 0 Å². The molecule has 0 amide bonds. The number of benzene rings is 1. The van der Waals surface area contributed by atoms with Gasteiger partial charge in [0.25, 0.3) is 0 Å². The van der Waals surface area contributed by atoms with Gasteiger partial charge < -0.3 is 23.7 Å². The van der Waals surface area contributed by atoms with E-state index in [4.69, 9.17) is 23.7 Å². The summed E-state index contributed by atoms with van der Waals surface area (Å²) in [6, 6.07) is 5.37. The Morgan fingerprint density at radius 2 is 1.56 bits per heavy atom. The fourth-order valence-corrected chi connectivity index (χ4v) is 2.15. The van der Waals surface area contributed by atoms with Crippen LogP contribution in [0.3, 0.4) is 0 Å². The largest absolute Gasteiger partial charge is 0.496 e. The molecule has 1 aromatic rings. The summed E-state index contributed by atoms with van der Waals surface area (Å²) in [5.74, 6) is 2.97. The number of rotatable bonds is 13. The molecule has 27 heavy (non-hydrogen) atoms. The minimum Gasteiger partial charge on any atom is -0.496 e. The smallest absolute Gasteiger partial charge is 0.197 e. The number of ether oxygens (including phenoxy) is 5. The Labute approximate surface area is 163 Å². The van der Waals surface area contributed by atoms with Crippen molar-refractivity contribution in [3.05, 3.63) is 54.8 Å². The molecule has 1 aromatic carbocycles. The molecule has 0 aliphatic heterocycles. The third-order valence-corrected chi connectivity index (χ3v) is 4.08. The Kier molecular flexibility index (Phi) is 10.1. The fourth-order valence-electron chi connectivity index (χ4n) is 2.15. The van der Waals surface area contributed by atoms with Gasteiger partial charge in [0.05, 0.1) is 20.8 Å². The Bertz CT molecular complexity index is 613. The Hall–Kier alpha value is -2.40. The third-order valence-electron chi connectivity index (χ3n) is 4.08. The van der Waals surface area contributed by atoms with Crippen LogP contribution >= 0.6 is 0 Å². The van der Waals surface area contributed by atoms with Crippen molar-refractivity contribution >= 4 is 0 Å². The van der Waals surface area contributed by atoms with Crippen LogP contribution in [-0.4, -0.2) is 33.7 Å². The van der Waals surface area contributed by atoms with Crippen molar-refractivity contribution in [3.8, 4) is 17.2 Å². The van der Waals surface area contributed by atoms with Crippen molar-refractivity contribution in [1.29, 1.82) is 0 Å². The zero-order valence-electron chi connectivity index (χ0n) is 17.1. The summed E-state index contributed by atoms with van der Waals surface area (Å²) in [6.45, 7) is 14.8. The Balaban J connectivity index is 2.35. The van der Waals surface area contributed by atoms with Crippen LogP contribution in [-0.2, 0) is 9.47 Å². The van der Waals surface area contributed by atoms with Crippen LogP contribution in [0.5, 0.6) is 17.2 Å². The second-order valence-electron chi connectivity index (χ2n) is 6.14. The van der Waals surface area contributed by atoms with Gasteiger partial charge in [0.1, 0.15) is 29.6 Å². The third kappa shape index (κ3) is 8.69. The van der Waals surface area contributed by atoms with Crippen LogP contribution in [0.2, 0.25) is 0 Å². The average Bonchev–Trinajstić information content (AvgIpc) is 2.68. The monoisotopic (exact) mass is 376 g/mol. The molecule has 0 saturated carbocycles. The van der Waals surface area contributed by atoms with Gasteiger partial charge in [0.2, 0.25) is 0 Å². The van der Waals surface area contributed by atoms with Gasteiger partial charge >= 0.3 is 0 Å². The molecule has 0 heterocycles. The van der Waals surface area contributed by atoms with Gasteiger partial charge in [-0.05, 0) is 25.3 Å². The standard InChI is InChI=1S/C22H32O5/c1-8-16(2)17(3)9-10-18(4)27-19(5)25-11-12-26-22-14-20(23-6)13-21(15-22)24-7/h9-10,13-16,19H,3-4,8,11-12H2,1-2,5-7H3/b10-9-. The van der Waals surface area contributed by atoms with Crippen LogP contribution in [0.15, 0.2) is 54.8 Å². The molecular weight excluding hydrogens is 344 g/mol. The van der Waals surface area contributed by atoms with E-state index in [9.17, 15) is 0 Å². The van der Waals surface area contributed by atoms with Gasteiger partial charge in [0.15, 0.2) is 6.29 Å². The highest BCUT2D eigenvalue weighted by Gasteiger charge is 2.06. The van der Waals surface area contributed by atoms with Gasteiger partial charge in [-0.3, -0.25) is 0 Å². The van der Waals surface area contributed by atoms with E-state index in [1.807, 2.05) is 19.1 Å². The predicted molar refractivity (Wildman–Crippen MR) is 108 cm³/mol. The van der Waals surface area contributed by atoms with Gasteiger partial charge in [-0.15, -0.1) is 0 Å². The first-order valence-electron chi connectivity index (χ1n) is 9.09. The van der Waals surface area contributed by atoms with Gasteiger partial charge in [0, 0.05) is 18.2 Å². The molecule has 0 saturated heterocycles. The van der Waals surface area contributed by atoms with E-state index in [1.54, 1.807) is 32.4 Å². The van der Waals surface area contributed by atoms with Crippen LogP contribution in [0.1, 0.15) is 27.2 Å². The maximum Gasteiger partial charge on any atom is 0.197 e. The van der Waals surface area contributed by atoms with E-state index < -0.39 is 6.29 Å². The Morgan fingerprint density at radius 1 is 0.963 bits per heavy atom. The normalized spacial score (nSPS) is 13.1. The Morgan fingerprint density at radius 3 is 2.11 bits per heavy atom. The van der Waals surface area contributed by atoms with Crippen molar-refractivity contribution in [3.63, 3.8) is 0 Å². The summed E-state index contributed by atoms with van der Waals surface area (Å²) < 4.78 is 27.3. The predicted octanol–water partition coefficient (Wildman–Crippen LogP) is 5.13. The van der Waals surface area contributed by atoms with Gasteiger partial charge in [-0.1, -0.05) is 38.7 Å². The van der Waals surface area contributed by atoms with Crippen molar-refractivity contribution in [2.45, 2.75) is 33.5 Å². The topological polar surface area (TPSA) is 46.2 Å². The van der Waals surface area contributed by atoms with Gasteiger partial charge in [-0.2, -0.15) is 0 Å². The highest BCUT2D eigenvalue weighted by atomic mass is 16.7. The molecule has 0 aliphatic rings. The number of hydrogen-bond donors (Lipinski definition) is 0. The molecule has 2 unspecified atom stereocenters. The van der Waals surface area contributed by atoms with Gasteiger partial charge in [-0.25, -0.2) is 0 Å². The molecule has 0 bridgehead atoms. The lowest BCUT2D eigenvalue weighted by atomic mass is 10.00. The molecular formula is C22H32O5. The summed E-state index contributed by atoms with van der Waals surface area (Å²) in [5, 5.41) is 0. The SMILES string of the molecule is C=C(/C=C\C(=C)C(C)CC)OC(C)OCCOc1cc(OC)cc(OC)c1. The molecule has 5 heteroatoms. The van der Waals surface area contributed by atoms with Crippen LogP contribution < -0.4 is 14.2 Å². The fraction of sp³-hybridized carbons (Fsp3) is 0.455. The first-order valence-corrected chi connectivity index (χ1v) is 9.09. The summed E-state index contributed by atoms with van der Waals surface area (Å²) in [7, 11) is 3.19. The highest BCUT2D eigenvalue weighted by Crippen LogP contribution is 2.27. The van der Waals surface area contributed by atoms with E-state index >= 15 is 0 Å². The van der Waals surface area contributed by atoms with Crippen LogP contribution in [0, 0.1) is 5.92 Å². The first-order chi connectivity index (χ1) is 12.9. The zero-order valence-corrected chi connectivity index (χ0v) is 17.1. The van der Waals surface area contributed by atoms with Crippen LogP contribution in [0.4, 0.5) is 0 Å². The summed E-state index contributed by atoms with van der Waals surface area (Å²) >= 11 is 0. The highest BCUT2D eigenvalue weighted by molar-refractivity contribution is 5.41. The maximum absolute atomic E-state index is 5.68. The average molecular weight is 376 g/mol. The first kappa shape index (κ1) is 22.6. The van der Waals surface area contributed by atoms with Crippen molar-refractivity contribution < 1.29 is 23.7 Å². The number of methoxy groups -OCH3 is 2. The van der Waals surface area contributed by atoms with E-state index in [-0.39, 0.29) is 0 Å². The van der Waals surface area contributed by atoms with E-state index in [0.717, 1.165) is 12.0 Å². The minimum absolute atomic E-state index is 0.372. The van der Waals surface area contributed by atoms with Crippen molar-refractivity contribution in [2.24, 2.45) is 5.92 Å². The summed E-state index contributed by atoms with van der Waals surface area (Å²) in [6.07, 6.45) is 4.37. The maximum atomic E-state index is 5.68.